The summed E-state index contributed by atoms with van der Waals surface area (Å²) >= 11 is 0. The molecule has 3 heteroatoms. The molecule has 2 atom stereocenters. The fraction of sp³-hybridized carbons (Fsp3) is 0.500. The van der Waals surface area contributed by atoms with E-state index >= 15 is 0 Å². The van der Waals surface area contributed by atoms with Gasteiger partial charge in [0, 0.05) is 5.92 Å². The minimum absolute atomic E-state index is 0.0700. The number of ketones is 1. The molecular weight excluding hydrogens is 222 g/mol. The van der Waals surface area contributed by atoms with Gasteiger partial charge in [0.05, 0.1) is 5.56 Å². The van der Waals surface area contributed by atoms with Crippen LogP contribution in [0.15, 0.2) is 12.1 Å². The Hall–Kier alpha value is -1.25. The van der Waals surface area contributed by atoms with E-state index in [4.69, 9.17) is 0 Å². The molecule has 1 nitrogen and oxygen atoms in total. The average molecular weight is 236 g/mol. The summed E-state index contributed by atoms with van der Waals surface area (Å²) < 4.78 is 27.0. The van der Waals surface area contributed by atoms with Crippen molar-refractivity contribution in [3.05, 3.63) is 34.9 Å². The van der Waals surface area contributed by atoms with Crippen LogP contribution in [0.5, 0.6) is 0 Å². The van der Waals surface area contributed by atoms with E-state index in [9.17, 15) is 13.6 Å². The van der Waals surface area contributed by atoms with Crippen molar-refractivity contribution in [2.24, 2.45) is 17.8 Å². The van der Waals surface area contributed by atoms with Crippen molar-refractivity contribution in [1.82, 2.24) is 0 Å². The van der Waals surface area contributed by atoms with Crippen molar-refractivity contribution in [2.75, 3.05) is 0 Å². The predicted octanol–water partition coefficient (Wildman–Crippen LogP) is 3.50. The second kappa shape index (κ2) is 3.62. The molecule has 0 saturated heterocycles. The molecule has 2 fully saturated rings. The quantitative estimate of drug-likeness (QED) is 0.718. The Bertz CT molecular complexity index is 485. The molecule has 1 aromatic rings. The Kier molecular flexibility index (Phi) is 2.32. The number of carbonyl (C=O) groups excluding carboxylic acids is 1. The van der Waals surface area contributed by atoms with Gasteiger partial charge in [0.15, 0.2) is 5.78 Å². The summed E-state index contributed by atoms with van der Waals surface area (Å²) in [4.78, 5) is 12.1. The van der Waals surface area contributed by atoms with Crippen molar-refractivity contribution in [2.45, 2.75) is 26.2 Å². The van der Waals surface area contributed by atoms with Gasteiger partial charge in [0.25, 0.3) is 0 Å². The van der Waals surface area contributed by atoms with Gasteiger partial charge in [-0.25, -0.2) is 8.78 Å². The van der Waals surface area contributed by atoms with Crippen LogP contribution in [0.25, 0.3) is 0 Å². The first-order valence-electron chi connectivity index (χ1n) is 6.06. The zero-order chi connectivity index (χ0) is 12.2. The Balaban J connectivity index is 1.88. The molecular formula is C14H14F2O. The molecule has 1 aromatic carbocycles. The average Bonchev–Trinajstić information content (AvgIpc) is 2.90. The summed E-state index contributed by atoms with van der Waals surface area (Å²) in [6.45, 7) is 1.50. The lowest BCUT2D eigenvalue weighted by Crippen LogP contribution is -2.15. The van der Waals surface area contributed by atoms with Gasteiger partial charge in [0.1, 0.15) is 11.6 Å². The maximum absolute atomic E-state index is 13.7. The maximum Gasteiger partial charge on any atom is 0.169 e. The molecule has 90 valence electrons. The van der Waals surface area contributed by atoms with Gasteiger partial charge >= 0.3 is 0 Å². The van der Waals surface area contributed by atoms with E-state index in [0.717, 1.165) is 25.0 Å². The molecule has 0 spiro atoms. The van der Waals surface area contributed by atoms with Crippen LogP contribution in [-0.4, -0.2) is 5.78 Å². The van der Waals surface area contributed by atoms with Crippen LogP contribution in [0.4, 0.5) is 8.78 Å². The number of hydrogen-bond acceptors (Lipinski definition) is 1. The summed E-state index contributed by atoms with van der Waals surface area (Å²) in [7, 11) is 0. The molecule has 2 aliphatic carbocycles. The highest BCUT2D eigenvalue weighted by atomic mass is 19.1. The van der Waals surface area contributed by atoms with Crippen molar-refractivity contribution in [3.8, 4) is 0 Å². The van der Waals surface area contributed by atoms with Crippen LogP contribution in [0.3, 0.4) is 0 Å². The summed E-state index contributed by atoms with van der Waals surface area (Å²) in [6.07, 6.45) is 2.94. The third-order valence-corrected chi connectivity index (χ3v) is 4.13. The second-order valence-electron chi connectivity index (χ2n) is 5.37. The Morgan fingerprint density at radius 2 is 1.76 bits per heavy atom. The van der Waals surface area contributed by atoms with E-state index in [-0.39, 0.29) is 22.8 Å². The van der Waals surface area contributed by atoms with Gasteiger partial charge in [-0.2, -0.15) is 0 Å². The number of fused-ring (bicyclic) bond motifs is 1. The number of aryl methyl sites for hydroxylation is 1. The lowest BCUT2D eigenvalue weighted by atomic mass is 9.92. The molecule has 0 heterocycles. The third kappa shape index (κ3) is 1.78. The molecule has 2 unspecified atom stereocenters. The smallest absolute Gasteiger partial charge is 0.169 e. The highest BCUT2D eigenvalue weighted by Gasteiger charge is 2.48. The van der Waals surface area contributed by atoms with E-state index in [1.54, 1.807) is 0 Å². The molecule has 2 aliphatic rings. The van der Waals surface area contributed by atoms with Crippen LogP contribution in [-0.2, 0) is 0 Å². The molecule has 0 radical (unpaired) electrons. The van der Waals surface area contributed by atoms with Gasteiger partial charge in [-0.3, -0.25) is 4.79 Å². The molecule has 0 N–H and O–H groups in total. The molecule has 3 rings (SSSR count). The fourth-order valence-electron chi connectivity index (χ4n) is 2.98. The maximum atomic E-state index is 13.7. The van der Waals surface area contributed by atoms with Crippen molar-refractivity contribution < 1.29 is 13.6 Å². The lowest BCUT2D eigenvalue weighted by Gasteiger charge is -2.11. The first-order chi connectivity index (χ1) is 8.06. The molecule has 2 saturated carbocycles. The summed E-state index contributed by atoms with van der Waals surface area (Å²) in [5.74, 6) is -0.0547. The zero-order valence-corrected chi connectivity index (χ0v) is 9.67. The largest absolute Gasteiger partial charge is 0.294 e. The molecule has 0 bridgehead atoms. The van der Waals surface area contributed by atoms with Crippen molar-refractivity contribution in [1.29, 1.82) is 0 Å². The SMILES string of the molecule is Cc1cc(F)c(C(=O)C2CC3CC3C2)cc1F. The van der Waals surface area contributed by atoms with E-state index in [0.29, 0.717) is 11.8 Å². The number of hydrogen-bond donors (Lipinski definition) is 0. The minimum atomic E-state index is -0.588. The van der Waals surface area contributed by atoms with Crippen LogP contribution in [0, 0.1) is 36.3 Å². The van der Waals surface area contributed by atoms with Gasteiger partial charge in [-0.05, 0) is 55.7 Å². The normalized spacial score (nSPS) is 30.2. The number of Topliss-reactive ketones (excluding diaryl/α,β-unsaturated/α-hetero) is 1. The first kappa shape index (κ1) is 10.9. The first-order valence-corrected chi connectivity index (χ1v) is 6.06. The number of benzene rings is 1. The molecule has 0 aromatic heterocycles. The van der Waals surface area contributed by atoms with E-state index in [1.807, 2.05) is 0 Å². The predicted molar refractivity (Wildman–Crippen MR) is 59.7 cm³/mol. The number of halogens is 2. The standard InChI is InChI=1S/C14H14F2O/c1-7-2-13(16)11(6-12(7)15)14(17)10-4-8-3-9(8)5-10/h2,6,8-10H,3-5H2,1H3. The van der Waals surface area contributed by atoms with Gasteiger partial charge in [0.2, 0.25) is 0 Å². The Morgan fingerprint density at radius 1 is 1.12 bits per heavy atom. The zero-order valence-electron chi connectivity index (χ0n) is 9.67. The second-order valence-corrected chi connectivity index (χ2v) is 5.37. The van der Waals surface area contributed by atoms with Crippen LogP contribution in [0.2, 0.25) is 0 Å². The molecule has 17 heavy (non-hydrogen) atoms. The Labute approximate surface area is 98.8 Å². The number of rotatable bonds is 2. The van der Waals surface area contributed by atoms with Crippen molar-refractivity contribution in [3.63, 3.8) is 0 Å². The minimum Gasteiger partial charge on any atom is -0.294 e. The highest BCUT2D eigenvalue weighted by Crippen LogP contribution is 2.55. The van der Waals surface area contributed by atoms with Crippen LogP contribution < -0.4 is 0 Å². The van der Waals surface area contributed by atoms with E-state index < -0.39 is 11.6 Å². The summed E-state index contributed by atoms with van der Waals surface area (Å²) in [5.41, 5.74) is 0.174. The Morgan fingerprint density at radius 3 is 2.41 bits per heavy atom. The highest BCUT2D eigenvalue weighted by molar-refractivity contribution is 5.98. The van der Waals surface area contributed by atoms with Crippen LogP contribution >= 0.6 is 0 Å². The van der Waals surface area contributed by atoms with Crippen molar-refractivity contribution >= 4 is 5.78 Å². The van der Waals surface area contributed by atoms with Gasteiger partial charge in [-0.15, -0.1) is 0 Å². The van der Waals surface area contributed by atoms with Gasteiger partial charge < -0.3 is 0 Å². The topological polar surface area (TPSA) is 17.1 Å². The number of carbonyl (C=O) groups is 1. The summed E-state index contributed by atoms with van der Waals surface area (Å²) in [6, 6.07) is 2.16. The monoisotopic (exact) mass is 236 g/mol. The van der Waals surface area contributed by atoms with E-state index in [1.165, 1.54) is 13.3 Å². The fourth-order valence-corrected chi connectivity index (χ4v) is 2.98. The van der Waals surface area contributed by atoms with Gasteiger partial charge in [-0.1, -0.05) is 0 Å². The molecule has 0 amide bonds. The summed E-state index contributed by atoms with van der Waals surface area (Å²) in [5, 5.41) is 0. The lowest BCUT2D eigenvalue weighted by molar-refractivity contribution is 0.0910. The van der Waals surface area contributed by atoms with Crippen LogP contribution in [0.1, 0.15) is 35.2 Å². The third-order valence-electron chi connectivity index (χ3n) is 4.13. The molecule has 0 aliphatic heterocycles. The van der Waals surface area contributed by atoms with E-state index in [2.05, 4.69) is 0 Å².